The summed E-state index contributed by atoms with van der Waals surface area (Å²) in [6.07, 6.45) is 3.25. The van der Waals surface area contributed by atoms with Crippen LogP contribution in [0.1, 0.15) is 31.6 Å². The van der Waals surface area contributed by atoms with E-state index in [-0.39, 0.29) is 24.2 Å². The Labute approximate surface area is 139 Å². The average molecular weight is 381 g/mol. The fourth-order valence-electron chi connectivity index (χ4n) is 3.12. The van der Waals surface area contributed by atoms with Crippen LogP contribution < -0.4 is 5.32 Å². The van der Waals surface area contributed by atoms with E-state index >= 15 is 0 Å². The summed E-state index contributed by atoms with van der Waals surface area (Å²) in [7, 11) is 0. The van der Waals surface area contributed by atoms with Crippen molar-refractivity contribution in [1.29, 1.82) is 0 Å². The number of rotatable bonds is 3. The van der Waals surface area contributed by atoms with Gasteiger partial charge in [-0.3, -0.25) is 9.69 Å². The van der Waals surface area contributed by atoms with Gasteiger partial charge in [-0.15, -0.1) is 10.2 Å². The van der Waals surface area contributed by atoms with Gasteiger partial charge in [0.1, 0.15) is 12.1 Å². The van der Waals surface area contributed by atoms with Gasteiger partial charge in [-0.2, -0.15) is 0 Å². The summed E-state index contributed by atoms with van der Waals surface area (Å²) in [5.74, 6) is 0.597. The largest absolute Gasteiger partial charge is 0.444 e. The second kappa shape index (κ2) is 5.19. The summed E-state index contributed by atoms with van der Waals surface area (Å²) in [6.45, 7) is -0.0404. The fourth-order valence-corrected chi connectivity index (χ4v) is 3.43. The lowest BCUT2D eigenvalue weighted by atomic mass is 9.98. The summed E-state index contributed by atoms with van der Waals surface area (Å²) in [4.78, 5) is 25.8. The van der Waals surface area contributed by atoms with Gasteiger partial charge in [0, 0.05) is 0 Å². The van der Waals surface area contributed by atoms with Gasteiger partial charge in [0.05, 0.1) is 0 Å². The SMILES string of the molecule is O=C1NC2(CCCC2)C(=O)N1Cc1nnc(-c2ccc(Br)o2)o1. The molecular formula is C14H13BrN4O4. The number of hydrogen-bond donors (Lipinski definition) is 1. The number of halogens is 1. The third-order valence-electron chi connectivity index (χ3n) is 4.25. The molecule has 0 bridgehead atoms. The van der Waals surface area contributed by atoms with Crippen molar-refractivity contribution in [2.75, 3.05) is 0 Å². The molecule has 0 radical (unpaired) electrons. The molecule has 2 aliphatic rings. The Morgan fingerprint density at radius 3 is 2.70 bits per heavy atom. The van der Waals surface area contributed by atoms with Gasteiger partial charge in [0.15, 0.2) is 10.4 Å². The predicted molar refractivity (Wildman–Crippen MR) is 80.0 cm³/mol. The van der Waals surface area contributed by atoms with Gasteiger partial charge in [-0.05, 0) is 40.9 Å². The Morgan fingerprint density at radius 2 is 2.00 bits per heavy atom. The van der Waals surface area contributed by atoms with E-state index in [1.165, 1.54) is 0 Å². The van der Waals surface area contributed by atoms with E-state index in [4.69, 9.17) is 8.83 Å². The molecular weight excluding hydrogens is 368 g/mol. The Balaban J connectivity index is 1.53. The van der Waals surface area contributed by atoms with Gasteiger partial charge in [-0.25, -0.2) is 4.79 Å². The number of nitrogens with zero attached hydrogens (tertiary/aromatic N) is 3. The standard InChI is InChI=1S/C14H13BrN4O4/c15-9-4-3-8(22-9)11-18-17-10(23-11)7-19-12(20)14(16-13(19)21)5-1-2-6-14/h3-4H,1-2,5-7H2,(H,16,21). The molecule has 1 aliphatic carbocycles. The molecule has 0 unspecified atom stereocenters. The summed E-state index contributed by atoms with van der Waals surface area (Å²) >= 11 is 3.19. The first-order valence-corrected chi connectivity index (χ1v) is 8.09. The maximum atomic E-state index is 12.6. The van der Waals surface area contributed by atoms with Crippen LogP contribution in [-0.4, -0.2) is 32.6 Å². The smallest absolute Gasteiger partial charge is 0.325 e. The lowest BCUT2D eigenvalue weighted by Gasteiger charge is -2.19. The van der Waals surface area contributed by atoms with Crippen molar-refractivity contribution in [3.05, 3.63) is 22.7 Å². The van der Waals surface area contributed by atoms with E-state index in [0.29, 0.717) is 23.3 Å². The summed E-state index contributed by atoms with van der Waals surface area (Å²) in [5, 5.41) is 10.6. The highest BCUT2D eigenvalue weighted by Gasteiger charge is 2.52. The minimum atomic E-state index is -0.730. The number of amides is 3. The van der Waals surface area contributed by atoms with Crippen LogP contribution in [0.4, 0.5) is 4.79 Å². The number of carbonyl (C=O) groups is 2. The molecule has 1 saturated carbocycles. The molecule has 23 heavy (non-hydrogen) atoms. The van der Waals surface area contributed by atoms with Gasteiger partial charge in [0.2, 0.25) is 5.89 Å². The van der Waals surface area contributed by atoms with E-state index in [1.807, 2.05) is 0 Å². The molecule has 0 atom stereocenters. The third kappa shape index (κ3) is 2.35. The predicted octanol–water partition coefficient (Wildman–Crippen LogP) is 2.46. The molecule has 3 heterocycles. The van der Waals surface area contributed by atoms with Crippen molar-refractivity contribution in [2.24, 2.45) is 0 Å². The first-order valence-electron chi connectivity index (χ1n) is 7.30. The minimum absolute atomic E-state index is 0.0404. The van der Waals surface area contributed by atoms with Crippen LogP contribution in [0.5, 0.6) is 0 Å². The topological polar surface area (TPSA) is 101 Å². The van der Waals surface area contributed by atoms with Crippen molar-refractivity contribution in [2.45, 2.75) is 37.8 Å². The molecule has 1 aliphatic heterocycles. The molecule has 8 nitrogen and oxygen atoms in total. The number of carbonyl (C=O) groups excluding carboxylic acids is 2. The number of furan rings is 1. The highest BCUT2D eigenvalue weighted by molar-refractivity contribution is 9.10. The van der Waals surface area contributed by atoms with Crippen molar-refractivity contribution in [3.63, 3.8) is 0 Å². The maximum absolute atomic E-state index is 12.6. The second-order valence-electron chi connectivity index (χ2n) is 5.72. The van der Waals surface area contributed by atoms with Gasteiger partial charge >= 0.3 is 6.03 Å². The Hall–Kier alpha value is -2.16. The molecule has 1 N–H and O–H groups in total. The van der Waals surface area contributed by atoms with Crippen LogP contribution >= 0.6 is 15.9 Å². The summed E-state index contributed by atoms with van der Waals surface area (Å²) in [6, 6.07) is 2.99. The third-order valence-corrected chi connectivity index (χ3v) is 4.67. The van der Waals surface area contributed by atoms with E-state index in [1.54, 1.807) is 12.1 Å². The van der Waals surface area contributed by atoms with Crippen molar-refractivity contribution < 1.29 is 18.4 Å². The number of urea groups is 1. The number of aromatic nitrogens is 2. The Kier molecular flexibility index (Phi) is 3.26. The quantitative estimate of drug-likeness (QED) is 0.820. The normalized spacial score (nSPS) is 19.8. The molecule has 120 valence electrons. The molecule has 1 spiro atoms. The zero-order valence-corrected chi connectivity index (χ0v) is 13.6. The van der Waals surface area contributed by atoms with Crippen molar-refractivity contribution in [3.8, 4) is 11.7 Å². The monoisotopic (exact) mass is 380 g/mol. The van der Waals surface area contributed by atoms with E-state index in [9.17, 15) is 9.59 Å². The van der Waals surface area contributed by atoms with Gasteiger partial charge < -0.3 is 14.2 Å². The van der Waals surface area contributed by atoms with Gasteiger partial charge in [0.25, 0.3) is 11.8 Å². The van der Waals surface area contributed by atoms with Crippen LogP contribution in [0, 0.1) is 0 Å². The molecule has 9 heteroatoms. The Bertz CT molecular complexity index is 777. The van der Waals surface area contributed by atoms with E-state index in [2.05, 4.69) is 31.4 Å². The molecule has 3 amide bonds. The van der Waals surface area contributed by atoms with E-state index < -0.39 is 11.6 Å². The zero-order chi connectivity index (χ0) is 16.0. The summed E-state index contributed by atoms with van der Waals surface area (Å²) < 4.78 is 11.4. The average Bonchev–Trinajstić information content (AvgIpc) is 3.26. The first-order chi connectivity index (χ1) is 11.1. The Morgan fingerprint density at radius 1 is 1.22 bits per heavy atom. The second-order valence-corrected chi connectivity index (χ2v) is 6.50. The van der Waals surface area contributed by atoms with Gasteiger partial charge in [-0.1, -0.05) is 12.8 Å². The maximum Gasteiger partial charge on any atom is 0.325 e. The number of hydrogen-bond acceptors (Lipinski definition) is 6. The molecule has 1 saturated heterocycles. The van der Waals surface area contributed by atoms with Crippen LogP contribution in [0.3, 0.4) is 0 Å². The number of imide groups is 1. The molecule has 4 rings (SSSR count). The highest BCUT2D eigenvalue weighted by atomic mass is 79.9. The molecule has 0 aromatic carbocycles. The van der Waals surface area contributed by atoms with Crippen LogP contribution in [-0.2, 0) is 11.3 Å². The zero-order valence-electron chi connectivity index (χ0n) is 12.0. The van der Waals surface area contributed by atoms with Crippen LogP contribution in [0.15, 0.2) is 25.6 Å². The highest BCUT2D eigenvalue weighted by Crippen LogP contribution is 2.35. The fraction of sp³-hybridized carbons (Fsp3) is 0.429. The van der Waals surface area contributed by atoms with Crippen LogP contribution in [0.25, 0.3) is 11.7 Å². The van der Waals surface area contributed by atoms with Crippen molar-refractivity contribution >= 4 is 27.9 Å². The summed E-state index contributed by atoms with van der Waals surface area (Å²) in [5.41, 5.74) is -0.730. The molecule has 2 aromatic heterocycles. The lowest BCUT2D eigenvalue weighted by Crippen LogP contribution is -2.44. The van der Waals surface area contributed by atoms with Crippen molar-refractivity contribution in [1.82, 2.24) is 20.4 Å². The molecule has 2 aromatic rings. The van der Waals surface area contributed by atoms with E-state index in [0.717, 1.165) is 17.7 Å². The number of nitrogens with one attached hydrogen (secondary N) is 1. The first kappa shape index (κ1) is 14.4. The minimum Gasteiger partial charge on any atom is -0.444 e. The van der Waals surface area contributed by atoms with Crippen LogP contribution in [0.2, 0.25) is 0 Å². The molecule has 2 fully saturated rings. The lowest BCUT2D eigenvalue weighted by molar-refractivity contribution is -0.131.